The molecule has 33 heavy (non-hydrogen) atoms. The van der Waals surface area contributed by atoms with Crippen LogP contribution in [0, 0.1) is 6.92 Å². The van der Waals surface area contributed by atoms with Crippen molar-refractivity contribution in [2.75, 3.05) is 7.11 Å². The molecule has 3 aromatic rings. The lowest BCUT2D eigenvalue weighted by Gasteiger charge is -2.27. The molecular formula is C28H27NO4. The third-order valence-electron chi connectivity index (χ3n) is 5.93. The van der Waals surface area contributed by atoms with E-state index in [0.717, 1.165) is 22.3 Å². The van der Waals surface area contributed by atoms with Gasteiger partial charge in [-0.1, -0.05) is 72.3 Å². The molecule has 4 rings (SSSR count). The molecule has 0 aliphatic carbocycles. The second-order valence-electron chi connectivity index (χ2n) is 8.27. The maximum absolute atomic E-state index is 13.3. The summed E-state index contributed by atoms with van der Waals surface area (Å²) in [5.41, 5.74) is 3.88. The van der Waals surface area contributed by atoms with Crippen LogP contribution in [0.1, 0.15) is 34.7 Å². The number of aryl methyl sites for hydroxylation is 2. The Bertz CT molecular complexity index is 1200. The van der Waals surface area contributed by atoms with E-state index in [0.29, 0.717) is 12.2 Å². The molecule has 5 heteroatoms. The molecule has 0 saturated carbocycles. The number of nitrogens with zero attached hydrogens (tertiary/aromatic N) is 1. The maximum atomic E-state index is 13.3. The van der Waals surface area contributed by atoms with Crippen LogP contribution in [0.3, 0.4) is 0 Å². The Kier molecular flexibility index (Phi) is 6.59. The molecule has 5 nitrogen and oxygen atoms in total. The molecule has 1 heterocycles. The van der Waals surface area contributed by atoms with Crippen LogP contribution < -0.4 is 4.74 Å². The minimum atomic E-state index is -0.646. The minimum absolute atomic E-state index is 0.171. The van der Waals surface area contributed by atoms with Gasteiger partial charge in [0, 0.05) is 13.0 Å². The Labute approximate surface area is 193 Å². The van der Waals surface area contributed by atoms with Gasteiger partial charge in [0.25, 0.3) is 5.91 Å². The van der Waals surface area contributed by atoms with Crippen molar-refractivity contribution in [1.29, 1.82) is 0 Å². The van der Waals surface area contributed by atoms with Gasteiger partial charge in [0.1, 0.15) is 5.75 Å². The molecule has 1 amide bonds. The summed E-state index contributed by atoms with van der Waals surface area (Å²) in [6.45, 7) is 2.21. The second kappa shape index (κ2) is 9.74. The predicted octanol–water partition coefficient (Wildman–Crippen LogP) is 5.10. The highest BCUT2D eigenvalue weighted by Gasteiger charge is 2.43. The van der Waals surface area contributed by atoms with Gasteiger partial charge in [-0.2, -0.15) is 0 Å². The first-order chi connectivity index (χ1) is 16.0. The molecule has 1 N–H and O–H groups in total. The fourth-order valence-electron chi connectivity index (χ4n) is 4.29. The topological polar surface area (TPSA) is 66.8 Å². The quantitative estimate of drug-likeness (QED) is 0.528. The molecule has 0 bridgehead atoms. The third-order valence-corrected chi connectivity index (χ3v) is 5.93. The van der Waals surface area contributed by atoms with Crippen molar-refractivity contribution in [3.8, 4) is 5.75 Å². The molecule has 0 radical (unpaired) electrons. The van der Waals surface area contributed by atoms with E-state index < -0.39 is 17.7 Å². The summed E-state index contributed by atoms with van der Waals surface area (Å²) in [6.07, 6.45) is 0.757. The molecule has 0 saturated heterocycles. The Morgan fingerprint density at radius 1 is 0.970 bits per heavy atom. The zero-order valence-electron chi connectivity index (χ0n) is 18.8. The van der Waals surface area contributed by atoms with Crippen LogP contribution in [-0.2, 0) is 22.6 Å². The van der Waals surface area contributed by atoms with Crippen molar-refractivity contribution in [1.82, 2.24) is 4.90 Å². The first-order valence-corrected chi connectivity index (χ1v) is 11.0. The number of hydrogen-bond acceptors (Lipinski definition) is 4. The van der Waals surface area contributed by atoms with E-state index in [-0.39, 0.29) is 24.3 Å². The van der Waals surface area contributed by atoms with Gasteiger partial charge in [0.15, 0.2) is 11.5 Å². The number of Topliss-reactive ketones (excluding diaryl/α,β-unsaturated/α-hetero) is 1. The fourth-order valence-corrected chi connectivity index (χ4v) is 4.29. The number of methoxy groups -OCH3 is 1. The van der Waals surface area contributed by atoms with Gasteiger partial charge in [-0.05, 0) is 42.2 Å². The summed E-state index contributed by atoms with van der Waals surface area (Å²) in [5, 5.41) is 10.8. The maximum Gasteiger partial charge on any atom is 0.290 e. The van der Waals surface area contributed by atoms with Gasteiger partial charge in [-0.25, -0.2) is 0 Å². The van der Waals surface area contributed by atoms with Crippen LogP contribution in [0.5, 0.6) is 5.75 Å². The molecule has 0 aromatic heterocycles. The van der Waals surface area contributed by atoms with E-state index in [1.165, 1.54) is 0 Å². The zero-order valence-corrected chi connectivity index (χ0v) is 18.8. The fraction of sp³-hybridized carbons (Fsp3) is 0.214. The lowest BCUT2D eigenvalue weighted by atomic mass is 9.92. The number of carbonyl (C=O) groups excluding carboxylic acids is 2. The van der Waals surface area contributed by atoms with Crippen molar-refractivity contribution in [3.05, 3.63) is 112 Å². The number of ketones is 1. The van der Waals surface area contributed by atoms with Crippen molar-refractivity contribution in [3.63, 3.8) is 0 Å². The Morgan fingerprint density at radius 3 is 2.42 bits per heavy atom. The molecule has 1 atom stereocenters. The van der Waals surface area contributed by atoms with Crippen LogP contribution in [-0.4, -0.2) is 28.8 Å². The number of aliphatic hydroxyl groups excluding tert-OH is 1. The summed E-state index contributed by atoms with van der Waals surface area (Å²) >= 11 is 0. The van der Waals surface area contributed by atoms with Gasteiger partial charge in [-0.3, -0.25) is 9.59 Å². The van der Waals surface area contributed by atoms with Gasteiger partial charge < -0.3 is 14.7 Å². The van der Waals surface area contributed by atoms with Gasteiger partial charge in [-0.15, -0.1) is 0 Å². The number of carbonyl (C=O) groups is 2. The first-order valence-electron chi connectivity index (χ1n) is 11.0. The highest BCUT2D eigenvalue weighted by atomic mass is 16.5. The summed E-state index contributed by atoms with van der Waals surface area (Å²) in [6, 6.07) is 24.2. The lowest BCUT2D eigenvalue weighted by Crippen LogP contribution is -2.30. The average Bonchev–Trinajstić information content (AvgIpc) is 3.08. The van der Waals surface area contributed by atoms with E-state index in [2.05, 4.69) is 0 Å². The van der Waals surface area contributed by atoms with E-state index in [1.807, 2.05) is 85.8 Å². The van der Waals surface area contributed by atoms with Crippen molar-refractivity contribution >= 4 is 11.7 Å². The van der Waals surface area contributed by atoms with Gasteiger partial charge in [0.05, 0.1) is 18.7 Å². The van der Waals surface area contributed by atoms with Crippen LogP contribution in [0.15, 0.2) is 90.2 Å². The minimum Gasteiger partial charge on any atom is -0.503 e. The Hall–Kier alpha value is -3.86. The summed E-state index contributed by atoms with van der Waals surface area (Å²) < 4.78 is 5.31. The summed E-state index contributed by atoms with van der Waals surface area (Å²) in [5.74, 6) is -0.526. The van der Waals surface area contributed by atoms with Crippen molar-refractivity contribution in [2.45, 2.75) is 32.4 Å². The third kappa shape index (κ3) is 4.82. The Morgan fingerprint density at radius 2 is 1.70 bits per heavy atom. The van der Waals surface area contributed by atoms with E-state index in [4.69, 9.17) is 4.74 Å². The SMILES string of the molecule is COc1cccc(CN2C(=O)C(O)=C(C(=O)CCc3ccccc3)C2c2cccc(C)c2)c1. The molecule has 3 aromatic carbocycles. The Balaban J connectivity index is 1.67. The normalized spacial score (nSPS) is 15.8. The average molecular weight is 442 g/mol. The second-order valence-corrected chi connectivity index (χ2v) is 8.27. The number of benzene rings is 3. The lowest BCUT2D eigenvalue weighted by molar-refractivity contribution is -0.130. The van der Waals surface area contributed by atoms with Crippen LogP contribution >= 0.6 is 0 Å². The highest BCUT2D eigenvalue weighted by Crippen LogP contribution is 2.39. The molecule has 1 aliphatic rings. The number of hydrogen-bond donors (Lipinski definition) is 1. The number of aliphatic hydroxyl groups is 1. The van der Waals surface area contributed by atoms with Crippen LogP contribution in [0.25, 0.3) is 0 Å². The summed E-state index contributed by atoms with van der Waals surface area (Å²) in [4.78, 5) is 28.0. The van der Waals surface area contributed by atoms with Crippen molar-refractivity contribution in [2.24, 2.45) is 0 Å². The number of amides is 1. The van der Waals surface area contributed by atoms with Gasteiger partial charge >= 0.3 is 0 Å². The molecular weight excluding hydrogens is 414 g/mol. The van der Waals surface area contributed by atoms with Gasteiger partial charge in [0.2, 0.25) is 0 Å². The predicted molar refractivity (Wildman–Crippen MR) is 127 cm³/mol. The van der Waals surface area contributed by atoms with E-state index >= 15 is 0 Å². The zero-order chi connectivity index (χ0) is 23.4. The van der Waals surface area contributed by atoms with Crippen LogP contribution in [0.2, 0.25) is 0 Å². The smallest absolute Gasteiger partial charge is 0.290 e. The van der Waals surface area contributed by atoms with E-state index in [1.54, 1.807) is 12.0 Å². The monoisotopic (exact) mass is 441 g/mol. The molecule has 1 aliphatic heterocycles. The number of ether oxygens (including phenoxy) is 1. The van der Waals surface area contributed by atoms with Crippen LogP contribution in [0.4, 0.5) is 0 Å². The highest BCUT2D eigenvalue weighted by molar-refractivity contribution is 6.09. The largest absolute Gasteiger partial charge is 0.503 e. The first kappa shape index (κ1) is 22.3. The molecule has 0 fully saturated rings. The van der Waals surface area contributed by atoms with Crippen molar-refractivity contribution < 1.29 is 19.4 Å². The molecule has 0 spiro atoms. The molecule has 1 unspecified atom stereocenters. The molecule has 168 valence electrons. The standard InChI is InChI=1S/C28H27NO4/c1-19-8-6-12-22(16-19)26-25(24(30)15-14-20-9-4-3-5-10-20)27(31)28(32)29(26)18-21-11-7-13-23(17-21)33-2/h3-13,16-17,26,31H,14-15,18H2,1-2H3. The van der Waals surface area contributed by atoms with E-state index in [9.17, 15) is 14.7 Å². The summed E-state index contributed by atoms with van der Waals surface area (Å²) in [7, 11) is 1.59. The number of rotatable bonds is 8.